The van der Waals surface area contributed by atoms with E-state index in [0.29, 0.717) is 29.1 Å². The summed E-state index contributed by atoms with van der Waals surface area (Å²) < 4.78 is 17.1. The van der Waals surface area contributed by atoms with Crippen molar-refractivity contribution in [1.82, 2.24) is 19.3 Å². The summed E-state index contributed by atoms with van der Waals surface area (Å²) >= 11 is 0. The fourth-order valence-electron chi connectivity index (χ4n) is 3.23. The molecular formula is C18H19FN6O. The van der Waals surface area contributed by atoms with Crippen LogP contribution in [0.15, 0.2) is 41.3 Å². The maximum Gasteiger partial charge on any atom is 0.285 e. The van der Waals surface area contributed by atoms with Crippen LogP contribution in [0.2, 0.25) is 0 Å². The van der Waals surface area contributed by atoms with Crippen molar-refractivity contribution in [2.24, 2.45) is 5.73 Å². The Bertz CT molecular complexity index is 1070. The summed E-state index contributed by atoms with van der Waals surface area (Å²) in [6, 6.07) is 6.31. The van der Waals surface area contributed by atoms with Gasteiger partial charge in [0.2, 0.25) is 5.95 Å². The van der Waals surface area contributed by atoms with Crippen LogP contribution >= 0.6 is 0 Å². The molecule has 134 valence electrons. The maximum atomic E-state index is 13.6. The Hall–Kier alpha value is -3.00. The normalized spacial score (nSPS) is 14.3. The summed E-state index contributed by atoms with van der Waals surface area (Å²) in [6.07, 6.45) is 4.81. The van der Waals surface area contributed by atoms with Gasteiger partial charge in [0.05, 0.1) is 18.1 Å². The number of nitrogens with two attached hydrogens (primary N) is 1. The highest BCUT2D eigenvalue weighted by atomic mass is 19.1. The Morgan fingerprint density at radius 1 is 1.42 bits per heavy atom. The molecule has 0 amide bonds. The van der Waals surface area contributed by atoms with E-state index >= 15 is 0 Å². The molecule has 0 spiro atoms. The lowest BCUT2D eigenvalue weighted by Gasteiger charge is -2.23. The summed E-state index contributed by atoms with van der Waals surface area (Å²) in [4.78, 5) is 16.5. The molecule has 3 N–H and O–H groups in total. The smallest absolute Gasteiger partial charge is 0.285 e. The van der Waals surface area contributed by atoms with Crippen LogP contribution < -0.4 is 16.6 Å². The van der Waals surface area contributed by atoms with Gasteiger partial charge in [0.1, 0.15) is 11.2 Å². The molecule has 8 heteroatoms. The first kappa shape index (κ1) is 16.5. The van der Waals surface area contributed by atoms with Gasteiger partial charge in [-0.15, -0.1) is 0 Å². The molecular weight excluding hydrogens is 335 g/mol. The van der Waals surface area contributed by atoms with Crippen LogP contribution in [0.3, 0.4) is 0 Å². The number of benzene rings is 1. The SMILES string of the molecule is CCCC(N)Nc1nc(=O)c2cnn3c2n1CC=C3c1cccc(F)c1. The van der Waals surface area contributed by atoms with Crippen molar-refractivity contribution < 1.29 is 4.39 Å². The molecule has 1 atom stereocenters. The second-order valence-electron chi connectivity index (χ2n) is 6.28. The third kappa shape index (κ3) is 2.68. The lowest BCUT2D eigenvalue weighted by atomic mass is 10.1. The lowest BCUT2D eigenvalue weighted by molar-refractivity contribution is 0.626. The number of hydrogen-bond donors (Lipinski definition) is 2. The van der Waals surface area contributed by atoms with E-state index in [1.165, 1.54) is 18.3 Å². The Labute approximate surface area is 149 Å². The molecule has 26 heavy (non-hydrogen) atoms. The Morgan fingerprint density at radius 2 is 2.27 bits per heavy atom. The molecule has 3 heterocycles. The van der Waals surface area contributed by atoms with E-state index in [2.05, 4.69) is 15.4 Å². The molecule has 0 fully saturated rings. The lowest BCUT2D eigenvalue weighted by Crippen LogP contribution is -2.33. The molecule has 1 aliphatic rings. The average molecular weight is 354 g/mol. The summed E-state index contributed by atoms with van der Waals surface area (Å²) in [5, 5.41) is 7.86. The second kappa shape index (κ2) is 6.38. The predicted octanol–water partition coefficient (Wildman–Crippen LogP) is 2.13. The van der Waals surface area contributed by atoms with Crippen LogP contribution in [-0.4, -0.2) is 25.5 Å². The van der Waals surface area contributed by atoms with Gasteiger partial charge in [0, 0.05) is 12.1 Å². The molecule has 2 aromatic heterocycles. The summed E-state index contributed by atoms with van der Waals surface area (Å²) in [6.45, 7) is 2.51. The highest BCUT2D eigenvalue weighted by Gasteiger charge is 2.22. The van der Waals surface area contributed by atoms with Gasteiger partial charge in [-0.25, -0.2) is 9.07 Å². The van der Waals surface area contributed by atoms with Gasteiger partial charge in [-0.3, -0.25) is 9.36 Å². The minimum atomic E-state index is -0.366. The number of allylic oxidation sites excluding steroid dienone is 1. The summed E-state index contributed by atoms with van der Waals surface area (Å²) in [5.41, 5.74) is 7.74. The van der Waals surface area contributed by atoms with E-state index in [9.17, 15) is 9.18 Å². The van der Waals surface area contributed by atoms with Crippen LogP contribution in [-0.2, 0) is 6.54 Å². The standard InChI is InChI=1S/C18H19FN6O/c1-2-4-15(20)22-18-23-16(26)13-10-21-25-14(7-8-24(18)17(13)25)11-5-3-6-12(19)9-11/h3,5-7,9-10,15H,2,4,8,20H2,1H3,(H,22,23,26). The fourth-order valence-corrected chi connectivity index (χ4v) is 3.23. The van der Waals surface area contributed by atoms with Crippen molar-refractivity contribution in [2.45, 2.75) is 32.5 Å². The molecule has 0 aliphatic carbocycles. The molecule has 0 saturated heterocycles. The first-order chi connectivity index (χ1) is 12.6. The van der Waals surface area contributed by atoms with Crippen molar-refractivity contribution in [3.8, 4) is 0 Å². The van der Waals surface area contributed by atoms with Crippen molar-refractivity contribution in [3.05, 3.63) is 58.3 Å². The third-order valence-corrected chi connectivity index (χ3v) is 4.42. The number of aromatic nitrogens is 4. The number of halogens is 1. The molecule has 3 aromatic rings. The zero-order valence-electron chi connectivity index (χ0n) is 14.3. The maximum absolute atomic E-state index is 13.6. The average Bonchev–Trinajstić information content (AvgIpc) is 3.05. The van der Waals surface area contributed by atoms with E-state index in [-0.39, 0.29) is 17.5 Å². The highest BCUT2D eigenvalue weighted by Crippen LogP contribution is 2.27. The van der Waals surface area contributed by atoms with E-state index in [4.69, 9.17) is 5.73 Å². The molecule has 0 bridgehead atoms. The first-order valence-electron chi connectivity index (χ1n) is 8.55. The minimum Gasteiger partial charge on any atom is -0.340 e. The topological polar surface area (TPSA) is 90.8 Å². The van der Waals surface area contributed by atoms with Gasteiger partial charge < -0.3 is 11.1 Å². The molecule has 0 saturated carbocycles. The van der Waals surface area contributed by atoms with Gasteiger partial charge in [-0.2, -0.15) is 10.1 Å². The Kier molecular flexibility index (Phi) is 4.04. The van der Waals surface area contributed by atoms with E-state index in [1.807, 2.05) is 23.6 Å². The fraction of sp³-hybridized carbons (Fsp3) is 0.278. The predicted molar refractivity (Wildman–Crippen MR) is 98.1 cm³/mol. The minimum absolute atomic E-state index is 0.293. The monoisotopic (exact) mass is 354 g/mol. The zero-order valence-corrected chi connectivity index (χ0v) is 14.3. The van der Waals surface area contributed by atoms with Crippen LogP contribution in [0, 0.1) is 5.82 Å². The van der Waals surface area contributed by atoms with Crippen LogP contribution in [0.25, 0.3) is 16.7 Å². The molecule has 4 rings (SSSR count). The van der Waals surface area contributed by atoms with Gasteiger partial charge in [0.15, 0.2) is 5.65 Å². The van der Waals surface area contributed by atoms with Gasteiger partial charge >= 0.3 is 0 Å². The van der Waals surface area contributed by atoms with Crippen molar-refractivity contribution in [2.75, 3.05) is 5.32 Å². The van der Waals surface area contributed by atoms with Gasteiger partial charge in [-0.05, 0) is 24.6 Å². The van der Waals surface area contributed by atoms with Gasteiger partial charge in [0.25, 0.3) is 5.56 Å². The van der Waals surface area contributed by atoms with E-state index < -0.39 is 0 Å². The molecule has 1 unspecified atom stereocenters. The number of hydrogen-bond acceptors (Lipinski definition) is 5. The van der Waals surface area contributed by atoms with Gasteiger partial charge in [-0.1, -0.05) is 25.5 Å². The zero-order chi connectivity index (χ0) is 18.3. The molecule has 1 aliphatic heterocycles. The van der Waals surface area contributed by atoms with E-state index in [1.54, 1.807) is 10.7 Å². The summed E-state index contributed by atoms with van der Waals surface area (Å²) in [7, 11) is 0. The van der Waals surface area contributed by atoms with E-state index in [0.717, 1.165) is 18.5 Å². The summed E-state index contributed by atoms with van der Waals surface area (Å²) in [5.74, 6) is 0.0946. The number of anilines is 1. The quantitative estimate of drug-likeness (QED) is 0.685. The highest BCUT2D eigenvalue weighted by molar-refractivity contribution is 5.83. The molecule has 1 aromatic carbocycles. The number of nitrogens with one attached hydrogen (secondary N) is 1. The third-order valence-electron chi connectivity index (χ3n) is 4.42. The van der Waals surface area contributed by atoms with Crippen LogP contribution in [0.1, 0.15) is 25.3 Å². The second-order valence-corrected chi connectivity index (χ2v) is 6.28. The largest absolute Gasteiger partial charge is 0.340 e. The van der Waals surface area contributed by atoms with Crippen molar-refractivity contribution >= 4 is 22.7 Å². The Balaban J connectivity index is 1.85. The van der Waals surface area contributed by atoms with Crippen molar-refractivity contribution in [1.29, 1.82) is 0 Å². The molecule has 0 radical (unpaired) electrons. The van der Waals surface area contributed by atoms with Crippen LogP contribution in [0.4, 0.5) is 10.3 Å². The number of nitrogens with zero attached hydrogens (tertiary/aromatic N) is 4. The first-order valence-corrected chi connectivity index (χ1v) is 8.55. The van der Waals surface area contributed by atoms with Crippen LogP contribution in [0.5, 0.6) is 0 Å². The molecule has 7 nitrogen and oxygen atoms in total. The Morgan fingerprint density at radius 3 is 3.04 bits per heavy atom. The number of rotatable bonds is 5. The van der Waals surface area contributed by atoms with Crippen molar-refractivity contribution in [3.63, 3.8) is 0 Å².